The summed E-state index contributed by atoms with van der Waals surface area (Å²) >= 11 is 0. The van der Waals surface area contributed by atoms with Gasteiger partial charge in [-0.3, -0.25) is 9.59 Å². The van der Waals surface area contributed by atoms with Crippen molar-refractivity contribution in [2.45, 2.75) is 70.0 Å². The van der Waals surface area contributed by atoms with E-state index in [1.807, 2.05) is 31.2 Å². The summed E-state index contributed by atoms with van der Waals surface area (Å²) in [6.07, 6.45) is 11.1. The second-order valence-corrected chi connectivity index (χ2v) is 11.7. The van der Waals surface area contributed by atoms with Gasteiger partial charge in [-0.05, 0) is 61.4 Å². The summed E-state index contributed by atoms with van der Waals surface area (Å²) < 4.78 is 11.6. The van der Waals surface area contributed by atoms with E-state index in [4.69, 9.17) is 15.2 Å². The molecule has 0 bridgehead atoms. The predicted octanol–water partition coefficient (Wildman–Crippen LogP) is 5.32. The van der Waals surface area contributed by atoms with Crippen LogP contribution in [0.15, 0.2) is 83.7 Å². The largest absolute Gasteiger partial charge is 0.508 e. The quantitative estimate of drug-likeness (QED) is 0.0948. The first kappa shape index (κ1) is 30.3. The summed E-state index contributed by atoms with van der Waals surface area (Å²) in [4.78, 5) is 41.1. The number of hydrogen-bond acceptors (Lipinski definition) is 8. The zero-order valence-corrected chi connectivity index (χ0v) is 24.9. The molecule has 2 aromatic rings. The predicted molar refractivity (Wildman–Crippen MR) is 163 cm³/mol. The van der Waals surface area contributed by atoms with Gasteiger partial charge in [0.05, 0.1) is 12.4 Å². The lowest BCUT2D eigenvalue weighted by molar-refractivity contribution is -0.148. The number of hydrogen-bond donors (Lipinski definition) is 3. The molecule has 0 spiro atoms. The third kappa shape index (κ3) is 5.89. The average molecular weight is 585 g/mol. The van der Waals surface area contributed by atoms with Crippen LogP contribution in [0.5, 0.6) is 5.75 Å². The number of ketones is 2. The summed E-state index contributed by atoms with van der Waals surface area (Å²) in [6, 6.07) is 13.7. The molecule has 5 rings (SSSR count). The summed E-state index contributed by atoms with van der Waals surface area (Å²) in [7, 11) is 0. The van der Waals surface area contributed by atoms with Crippen LogP contribution in [0.3, 0.4) is 0 Å². The average Bonchev–Trinajstić information content (AvgIpc) is 3.72. The Kier molecular flexibility index (Phi) is 8.87. The van der Waals surface area contributed by atoms with Crippen LogP contribution in [0.4, 0.5) is 0 Å². The van der Waals surface area contributed by atoms with Crippen molar-refractivity contribution in [3.63, 3.8) is 0 Å². The second kappa shape index (κ2) is 12.6. The molecule has 3 atom stereocenters. The number of nitrogens with two attached hydrogens (primary N) is 1. The van der Waals surface area contributed by atoms with Gasteiger partial charge in [0.1, 0.15) is 5.75 Å². The Balaban J connectivity index is 1.39. The fourth-order valence-electron chi connectivity index (χ4n) is 6.21. The van der Waals surface area contributed by atoms with Gasteiger partial charge in [0.2, 0.25) is 5.78 Å². The van der Waals surface area contributed by atoms with Crippen LogP contribution in [-0.2, 0) is 20.7 Å². The number of fused-ring (bicyclic) bond motifs is 2. The van der Waals surface area contributed by atoms with E-state index in [2.05, 4.69) is 18.3 Å². The van der Waals surface area contributed by atoms with Crippen LogP contribution in [0.2, 0.25) is 0 Å². The van der Waals surface area contributed by atoms with E-state index in [0.717, 1.165) is 36.0 Å². The van der Waals surface area contributed by atoms with E-state index in [9.17, 15) is 19.5 Å². The highest BCUT2D eigenvalue weighted by molar-refractivity contribution is 6.32. The van der Waals surface area contributed by atoms with Gasteiger partial charge in [-0.2, -0.15) is 0 Å². The number of ether oxygens (including phenoxy) is 2. The van der Waals surface area contributed by atoms with Gasteiger partial charge >= 0.3 is 5.97 Å². The van der Waals surface area contributed by atoms with Gasteiger partial charge in [-0.1, -0.05) is 80.3 Å². The molecule has 43 heavy (non-hydrogen) atoms. The van der Waals surface area contributed by atoms with Crippen LogP contribution < -0.4 is 11.1 Å². The molecule has 8 heteroatoms. The number of esters is 1. The minimum atomic E-state index is -1.96. The Bertz CT molecular complexity index is 1490. The third-order valence-corrected chi connectivity index (χ3v) is 8.64. The van der Waals surface area contributed by atoms with Crippen molar-refractivity contribution < 1.29 is 29.0 Å². The van der Waals surface area contributed by atoms with E-state index >= 15 is 0 Å². The molecular weight excluding hydrogens is 544 g/mol. The molecule has 0 aromatic heterocycles. The fourth-order valence-corrected chi connectivity index (χ4v) is 6.21. The number of carbonyl (C=O) groups excluding carboxylic acids is 3. The molecule has 4 N–H and O–H groups in total. The Hall–Kier alpha value is -4.17. The molecule has 1 saturated heterocycles. The molecule has 0 unspecified atom stereocenters. The summed E-state index contributed by atoms with van der Waals surface area (Å²) in [5, 5.41) is 12.8. The molecular formula is C35H40N2O6. The van der Waals surface area contributed by atoms with Crippen LogP contribution in [0, 0.1) is 5.92 Å². The van der Waals surface area contributed by atoms with E-state index < -0.39 is 23.0 Å². The van der Waals surface area contributed by atoms with Crippen molar-refractivity contribution in [2.75, 3.05) is 13.2 Å². The maximum atomic E-state index is 13.9. The van der Waals surface area contributed by atoms with Gasteiger partial charge in [0.25, 0.3) is 5.60 Å². The van der Waals surface area contributed by atoms with Crippen molar-refractivity contribution >= 4 is 17.5 Å². The molecule has 226 valence electrons. The van der Waals surface area contributed by atoms with Crippen LogP contribution in [-0.4, -0.2) is 47.0 Å². The van der Waals surface area contributed by atoms with Gasteiger partial charge in [0.15, 0.2) is 11.4 Å². The highest BCUT2D eigenvalue weighted by atomic mass is 16.7. The zero-order valence-electron chi connectivity index (χ0n) is 24.9. The first-order chi connectivity index (χ1) is 20.7. The summed E-state index contributed by atoms with van der Waals surface area (Å²) in [6.45, 7) is 4.89. The molecule has 1 aliphatic carbocycles. The van der Waals surface area contributed by atoms with Crippen LogP contribution in [0.25, 0.3) is 0 Å². The molecule has 8 nitrogen and oxygen atoms in total. The lowest BCUT2D eigenvalue weighted by atomic mass is 9.72. The smallest absolute Gasteiger partial charge is 0.350 e. The molecule has 0 amide bonds. The Morgan fingerprint density at radius 2 is 1.81 bits per heavy atom. The van der Waals surface area contributed by atoms with Gasteiger partial charge < -0.3 is 25.6 Å². The Labute approximate surface area is 252 Å². The van der Waals surface area contributed by atoms with E-state index in [1.54, 1.807) is 36.4 Å². The van der Waals surface area contributed by atoms with Crippen LogP contribution in [0.1, 0.15) is 78.7 Å². The number of nitrogens with one attached hydrogen (secondary N) is 1. The Morgan fingerprint density at radius 1 is 1.09 bits per heavy atom. The number of benzene rings is 2. The van der Waals surface area contributed by atoms with Crippen molar-refractivity contribution in [1.82, 2.24) is 5.32 Å². The van der Waals surface area contributed by atoms with Crippen molar-refractivity contribution in [2.24, 2.45) is 11.7 Å². The minimum Gasteiger partial charge on any atom is -0.508 e. The maximum Gasteiger partial charge on any atom is 0.350 e. The molecule has 1 fully saturated rings. The first-order valence-corrected chi connectivity index (χ1v) is 15.1. The number of rotatable bonds is 13. The van der Waals surface area contributed by atoms with Gasteiger partial charge in [-0.15, -0.1) is 0 Å². The van der Waals surface area contributed by atoms with Crippen LogP contribution >= 0.6 is 0 Å². The molecule has 2 aliphatic heterocycles. The standard InChI is InChI=1S/C35H40N2O6/c1-3-4-5-8-19-42-33(41)35-32(40)29-10-7-6-9-28(29)31(39)34(35,43-35)17-15-23(2)20-26(25-16-18-37-30(36)22-25)21-24-11-13-27(38)14-12-24/h6-7,9-16,22,26,37-38H,3-5,8,17-21,36H2,1-2H3/b23-15+/t26-,34+,35+/m1/s1. The number of dihydropyridines is 1. The minimum absolute atomic E-state index is 0.0707. The van der Waals surface area contributed by atoms with E-state index in [-0.39, 0.29) is 41.6 Å². The molecule has 0 saturated carbocycles. The topological polar surface area (TPSA) is 131 Å². The SMILES string of the molecule is CCCCCCOC(=O)[C@]12O[C@@]1(C/C=C(\C)C[C@H](Cc1ccc(O)cc1)C1=CCNC(N)=C1)C(=O)c1ccccc1C2=O. The van der Waals surface area contributed by atoms with Crippen molar-refractivity contribution in [3.8, 4) is 5.75 Å². The van der Waals surface area contributed by atoms with Gasteiger partial charge in [0, 0.05) is 24.1 Å². The Morgan fingerprint density at radius 3 is 2.51 bits per heavy atom. The maximum absolute atomic E-state index is 13.9. The number of allylic oxidation sites excluding steroid dienone is 3. The molecule has 2 aromatic carbocycles. The fraction of sp³-hybridized carbons (Fsp3) is 0.400. The first-order valence-electron chi connectivity index (χ1n) is 15.1. The number of epoxide rings is 1. The number of Topliss-reactive ketones (excluding diaryl/α,β-unsaturated/α-hetero) is 2. The molecule has 0 radical (unpaired) electrons. The second-order valence-electron chi connectivity index (χ2n) is 11.7. The normalized spacial score (nSPS) is 23.3. The van der Waals surface area contributed by atoms with E-state index in [0.29, 0.717) is 31.6 Å². The highest BCUT2D eigenvalue weighted by Crippen LogP contribution is 2.58. The molecule has 3 aliphatic rings. The third-order valence-electron chi connectivity index (χ3n) is 8.64. The van der Waals surface area contributed by atoms with Crippen molar-refractivity contribution in [3.05, 3.63) is 100 Å². The van der Waals surface area contributed by atoms with Gasteiger partial charge in [-0.25, -0.2) is 4.79 Å². The highest BCUT2D eigenvalue weighted by Gasteiger charge is 2.85. The summed E-state index contributed by atoms with van der Waals surface area (Å²) in [5.41, 5.74) is 6.12. The van der Waals surface area contributed by atoms with Crippen molar-refractivity contribution in [1.29, 1.82) is 0 Å². The lowest BCUT2D eigenvalue weighted by Crippen LogP contribution is -2.50. The number of phenolic OH excluding ortho intramolecular Hbond substituents is 1. The van der Waals surface area contributed by atoms with E-state index in [1.165, 1.54) is 0 Å². The number of aromatic hydroxyl groups is 1. The monoisotopic (exact) mass is 584 g/mol. The number of phenols is 1. The number of unbranched alkanes of at least 4 members (excludes halogenated alkanes) is 3. The number of carbonyl (C=O) groups is 3. The zero-order chi connectivity index (χ0) is 30.6. The lowest BCUT2D eigenvalue weighted by Gasteiger charge is -2.24. The molecule has 2 heterocycles. The summed E-state index contributed by atoms with van der Waals surface area (Å²) in [5.74, 6) is -0.787.